The number of rotatable bonds is 4. The van der Waals surface area contributed by atoms with Gasteiger partial charge >= 0.3 is 5.97 Å². The molecule has 2 heterocycles. The van der Waals surface area contributed by atoms with Crippen molar-refractivity contribution in [3.8, 4) is 0 Å². The first-order valence-electron chi connectivity index (χ1n) is 4.19. The van der Waals surface area contributed by atoms with E-state index in [-0.39, 0.29) is 0 Å². The van der Waals surface area contributed by atoms with Crippen LogP contribution in [0.2, 0.25) is 0 Å². The average molecular weight is 240 g/mol. The Balaban J connectivity index is 2.05. The fourth-order valence-corrected chi connectivity index (χ4v) is 2.78. The molecule has 0 aliphatic carbocycles. The quantitative estimate of drug-likeness (QED) is 0.806. The molecule has 0 fully saturated rings. The van der Waals surface area contributed by atoms with Crippen molar-refractivity contribution in [3.05, 3.63) is 34.3 Å². The minimum absolute atomic E-state index is 0.411. The molecule has 0 saturated heterocycles. The van der Waals surface area contributed by atoms with E-state index in [1.54, 1.807) is 17.8 Å². The normalized spacial score (nSPS) is 10.4. The van der Waals surface area contributed by atoms with Gasteiger partial charge in [-0.15, -0.1) is 11.3 Å². The second kappa shape index (κ2) is 4.50. The molecule has 0 aliphatic heterocycles. The van der Waals surface area contributed by atoms with Crippen LogP contribution in [-0.2, 0) is 5.75 Å². The Morgan fingerprint density at radius 1 is 1.67 bits per heavy atom. The predicted octanol–water partition coefficient (Wildman–Crippen LogP) is 2.46. The lowest BCUT2D eigenvalue weighted by atomic mass is 10.3. The van der Waals surface area contributed by atoms with Crippen LogP contribution in [0.5, 0.6) is 0 Å². The van der Waals surface area contributed by atoms with E-state index < -0.39 is 5.97 Å². The van der Waals surface area contributed by atoms with Crippen molar-refractivity contribution in [2.75, 3.05) is 0 Å². The van der Waals surface area contributed by atoms with Crippen molar-refractivity contribution < 1.29 is 9.90 Å². The number of nitrogens with zero attached hydrogens (tertiary/aromatic N) is 1. The number of carboxylic acids is 1. The number of aromatic nitrogens is 2. The summed E-state index contributed by atoms with van der Waals surface area (Å²) in [6.07, 6.45) is 3.42. The molecule has 4 nitrogen and oxygen atoms in total. The summed E-state index contributed by atoms with van der Waals surface area (Å²) in [5.74, 6) is -0.237. The molecule has 0 aliphatic rings. The van der Waals surface area contributed by atoms with E-state index in [2.05, 4.69) is 9.97 Å². The molecular formula is C9H8N2O2S2. The van der Waals surface area contributed by atoms with Crippen LogP contribution in [0, 0.1) is 0 Å². The van der Waals surface area contributed by atoms with Crippen LogP contribution in [0.15, 0.2) is 29.0 Å². The largest absolute Gasteiger partial charge is 0.477 e. The lowest BCUT2D eigenvalue weighted by Gasteiger charge is -1.97. The van der Waals surface area contributed by atoms with Crippen LogP contribution >= 0.6 is 23.1 Å². The lowest BCUT2D eigenvalue weighted by Crippen LogP contribution is -1.96. The van der Waals surface area contributed by atoms with Gasteiger partial charge < -0.3 is 10.1 Å². The van der Waals surface area contributed by atoms with Gasteiger partial charge in [0.2, 0.25) is 0 Å². The van der Waals surface area contributed by atoms with Crippen molar-refractivity contribution in [1.29, 1.82) is 0 Å². The molecule has 2 aromatic rings. The van der Waals surface area contributed by atoms with Gasteiger partial charge in [-0.3, -0.25) is 0 Å². The summed E-state index contributed by atoms with van der Waals surface area (Å²) in [4.78, 5) is 18.2. The maximum atomic E-state index is 10.8. The van der Waals surface area contributed by atoms with Gasteiger partial charge in [0.05, 0.1) is 0 Å². The summed E-state index contributed by atoms with van der Waals surface area (Å²) in [7, 11) is 0. The highest BCUT2D eigenvalue weighted by atomic mass is 32.2. The first-order valence-corrected chi connectivity index (χ1v) is 6.05. The zero-order valence-electron chi connectivity index (χ0n) is 7.64. The van der Waals surface area contributed by atoms with Crippen LogP contribution in [-0.4, -0.2) is 21.0 Å². The Labute approximate surface area is 94.4 Å². The van der Waals surface area contributed by atoms with E-state index in [9.17, 15) is 4.79 Å². The molecule has 15 heavy (non-hydrogen) atoms. The number of H-pyrrole nitrogens is 1. The highest BCUT2D eigenvalue weighted by Crippen LogP contribution is 2.24. The van der Waals surface area contributed by atoms with E-state index in [0.717, 1.165) is 10.7 Å². The molecule has 0 atom stereocenters. The number of nitrogens with one attached hydrogen (secondary N) is 1. The zero-order valence-corrected chi connectivity index (χ0v) is 9.27. The van der Waals surface area contributed by atoms with E-state index in [4.69, 9.17) is 5.11 Å². The maximum absolute atomic E-state index is 10.8. The van der Waals surface area contributed by atoms with Crippen LogP contribution in [0.3, 0.4) is 0 Å². The number of imidazole rings is 1. The molecule has 0 saturated carbocycles. The predicted molar refractivity (Wildman–Crippen MR) is 59.4 cm³/mol. The third-order valence-corrected chi connectivity index (χ3v) is 3.68. The third kappa shape index (κ3) is 2.40. The number of aromatic carboxylic acids is 1. The van der Waals surface area contributed by atoms with Crippen molar-refractivity contribution in [2.24, 2.45) is 0 Å². The van der Waals surface area contributed by atoms with Crippen molar-refractivity contribution in [3.63, 3.8) is 0 Å². The molecule has 0 bridgehead atoms. The van der Waals surface area contributed by atoms with Crippen molar-refractivity contribution in [1.82, 2.24) is 9.97 Å². The summed E-state index contributed by atoms with van der Waals surface area (Å²) in [6, 6.07) is 1.84. The number of hydrogen-bond donors (Lipinski definition) is 2. The highest BCUT2D eigenvalue weighted by molar-refractivity contribution is 7.98. The second-order valence-corrected chi connectivity index (χ2v) is 4.64. The Hall–Kier alpha value is -1.27. The molecule has 0 spiro atoms. The lowest BCUT2D eigenvalue weighted by molar-refractivity contribution is 0.0701. The summed E-state index contributed by atoms with van der Waals surface area (Å²) in [6.45, 7) is 0. The van der Waals surface area contributed by atoms with Gasteiger partial charge in [-0.2, -0.15) is 0 Å². The van der Waals surface area contributed by atoms with Crippen LogP contribution in [0.4, 0.5) is 0 Å². The summed E-state index contributed by atoms with van der Waals surface area (Å²) >= 11 is 2.74. The minimum atomic E-state index is -0.861. The zero-order chi connectivity index (χ0) is 10.7. The first kappa shape index (κ1) is 10.3. The fourth-order valence-electron chi connectivity index (χ4n) is 1.11. The average Bonchev–Trinajstić information content (AvgIpc) is 2.86. The van der Waals surface area contributed by atoms with Gasteiger partial charge in [0.1, 0.15) is 4.88 Å². The highest BCUT2D eigenvalue weighted by Gasteiger charge is 2.11. The Bertz CT molecular complexity index is 450. The fraction of sp³-hybridized carbons (Fsp3) is 0.111. The van der Waals surface area contributed by atoms with E-state index in [1.165, 1.54) is 23.1 Å². The molecular weight excluding hydrogens is 232 g/mol. The van der Waals surface area contributed by atoms with Gasteiger partial charge in [0, 0.05) is 18.1 Å². The molecule has 0 aromatic carbocycles. The molecule has 0 unspecified atom stereocenters. The van der Waals surface area contributed by atoms with Crippen LogP contribution < -0.4 is 0 Å². The third-order valence-electron chi connectivity index (χ3n) is 1.78. The van der Waals surface area contributed by atoms with Gasteiger partial charge in [0.25, 0.3) is 0 Å². The second-order valence-electron chi connectivity index (χ2n) is 2.76. The molecule has 0 amide bonds. The number of thiophene rings is 1. The number of thioether (sulfide) groups is 1. The van der Waals surface area contributed by atoms with Gasteiger partial charge in [-0.05, 0) is 17.0 Å². The maximum Gasteiger partial charge on any atom is 0.346 e. The summed E-state index contributed by atoms with van der Waals surface area (Å²) < 4.78 is 0. The van der Waals surface area contributed by atoms with E-state index in [0.29, 0.717) is 10.6 Å². The standard InChI is InChI=1S/C9H8N2O2S2/c12-8(13)7-6(1-4-14-7)5-15-9-10-2-3-11-9/h1-4H,5H2,(H,10,11)(H,12,13). The van der Waals surface area contributed by atoms with Crippen LogP contribution in [0.25, 0.3) is 0 Å². The van der Waals surface area contributed by atoms with Gasteiger partial charge in [-0.25, -0.2) is 9.78 Å². The van der Waals surface area contributed by atoms with E-state index in [1.807, 2.05) is 6.07 Å². The monoisotopic (exact) mass is 240 g/mol. The first-order chi connectivity index (χ1) is 7.27. The number of carboxylic acid groups (broad SMARTS) is 1. The van der Waals surface area contributed by atoms with Crippen LogP contribution in [0.1, 0.15) is 15.2 Å². The molecule has 2 rings (SSSR count). The van der Waals surface area contributed by atoms with Gasteiger partial charge in [0.15, 0.2) is 5.16 Å². The number of aromatic amines is 1. The topological polar surface area (TPSA) is 66.0 Å². The van der Waals surface area contributed by atoms with Crippen molar-refractivity contribution >= 4 is 29.1 Å². The minimum Gasteiger partial charge on any atom is -0.477 e. The Morgan fingerprint density at radius 3 is 3.20 bits per heavy atom. The summed E-state index contributed by atoms with van der Waals surface area (Å²) in [5, 5.41) is 11.5. The molecule has 78 valence electrons. The smallest absolute Gasteiger partial charge is 0.346 e. The molecule has 0 radical (unpaired) electrons. The Kier molecular flexibility index (Phi) is 3.08. The SMILES string of the molecule is O=C(O)c1sccc1CSc1ncc[nH]1. The van der Waals surface area contributed by atoms with Gasteiger partial charge in [-0.1, -0.05) is 11.8 Å². The number of hydrogen-bond acceptors (Lipinski definition) is 4. The Morgan fingerprint density at radius 2 is 2.53 bits per heavy atom. The van der Waals surface area contributed by atoms with Crippen molar-refractivity contribution in [2.45, 2.75) is 10.9 Å². The van der Waals surface area contributed by atoms with E-state index >= 15 is 0 Å². The summed E-state index contributed by atoms with van der Waals surface area (Å²) in [5.41, 5.74) is 0.842. The molecule has 2 N–H and O–H groups in total. The molecule has 6 heteroatoms. The number of carbonyl (C=O) groups is 1. The molecule has 2 aromatic heterocycles.